The zero-order valence-corrected chi connectivity index (χ0v) is 9.72. The van der Waals surface area contributed by atoms with Crippen molar-refractivity contribution in [1.82, 2.24) is 10.3 Å². The second-order valence-electron chi connectivity index (χ2n) is 4.45. The van der Waals surface area contributed by atoms with E-state index in [0.717, 1.165) is 31.6 Å². The standard InChI is InChI=1S/C11H18N2OS/c14-8-11(3-1-2-4-11)7-12-5-10-6-15-9-13-10/h6,9,12,14H,1-5,7-8H2. The molecule has 1 aromatic heterocycles. The lowest BCUT2D eigenvalue weighted by molar-refractivity contribution is 0.128. The van der Waals surface area contributed by atoms with Gasteiger partial charge in [-0.1, -0.05) is 12.8 Å². The van der Waals surface area contributed by atoms with Gasteiger partial charge in [-0.25, -0.2) is 4.98 Å². The van der Waals surface area contributed by atoms with Crippen LogP contribution in [-0.4, -0.2) is 23.2 Å². The molecule has 0 atom stereocenters. The maximum Gasteiger partial charge on any atom is 0.0795 e. The minimum absolute atomic E-state index is 0.149. The minimum Gasteiger partial charge on any atom is -0.396 e. The van der Waals surface area contributed by atoms with Crippen molar-refractivity contribution in [3.05, 3.63) is 16.6 Å². The molecule has 15 heavy (non-hydrogen) atoms. The lowest BCUT2D eigenvalue weighted by atomic mass is 9.87. The molecule has 1 saturated carbocycles. The fraction of sp³-hybridized carbons (Fsp3) is 0.727. The van der Waals surface area contributed by atoms with E-state index in [4.69, 9.17) is 0 Å². The van der Waals surface area contributed by atoms with Gasteiger partial charge in [-0.3, -0.25) is 0 Å². The van der Waals surface area contributed by atoms with E-state index in [1.165, 1.54) is 12.8 Å². The molecule has 2 rings (SSSR count). The van der Waals surface area contributed by atoms with Crippen LogP contribution in [0.3, 0.4) is 0 Å². The summed E-state index contributed by atoms with van der Waals surface area (Å²) in [6, 6.07) is 0. The van der Waals surface area contributed by atoms with Gasteiger partial charge in [-0.05, 0) is 12.8 Å². The zero-order valence-electron chi connectivity index (χ0n) is 8.91. The minimum atomic E-state index is 0.149. The highest BCUT2D eigenvalue weighted by molar-refractivity contribution is 7.07. The average Bonchev–Trinajstić information content (AvgIpc) is 2.89. The van der Waals surface area contributed by atoms with Crippen molar-refractivity contribution in [1.29, 1.82) is 0 Å². The summed E-state index contributed by atoms with van der Waals surface area (Å²) in [4.78, 5) is 4.22. The molecule has 2 N–H and O–H groups in total. The third-order valence-corrected chi connectivity index (χ3v) is 3.92. The number of nitrogens with one attached hydrogen (secondary N) is 1. The Morgan fingerprint density at radius 2 is 2.27 bits per heavy atom. The number of rotatable bonds is 5. The largest absolute Gasteiger partial charge is 0.396 e. The van der Waals surface area contributed by atoms with Crippen LogP contribution < -0.4 is 5.32 Å². The molecule has 0 radical (unpaired) electrons. The Kier molecular flexibility index (Phi) is 3.72. The molecule has 0 saturated heterocycles. The van der Waals surface area contributed by atoms with Crippen LogP contribution in [-0.2, 0) is 6.54 Å². The molecule has 1 aliphatic rings. The second kappa shape index (κ2) is 5.05. The first-order valence-corrected chi connectivity index (χ1v) is 6.48. The number of hydrogen-bond acceptors (Lipinski definition) is 4. The summed E-state index contributed by atoms with van der Waals surface area (Å²) in [5.41, 5.74) is 3.11. The number of aromatic nitrogens is 1. The Morgan fingerprint density at radius 1 is 1.47 bits per heavy atom. The summed E-state index contributed by atoms with van der Waals surface area (Å²) in [5.74, 6) is 0. The summed E-state index contributed by atoms with van der Waals surface area (Å²) in [6.45, 7) is 2.06. The van der Waals surface area contributed by atoms with Gasteiger partial charge >= 0.3 is 0 Å². The highest BCUT2D eigenvalue weighted by Crippen LogP contribution is 2.36. The molecule has 84 valence electrons. The van der Waals surface area contributed by atoms with Gasteiger partial charge in [0, 0.05) is 30.5 Å². The maximum absolute atomic E-state index is 9.42. The van der Waals surface area contributed by atoms with E-state index in [0.29, 0.717) is 6.61 Å². The molecule has 1 aromatic rings. The van der Waals surface area contributed by atoms with E-state index in [1.54, 1.807) is 11.3 Å². The van der Waals surface area contributed by atoms with Crippen LogP contribution in [0.25, 0.3) is 0 Å². The predicted molar refractivity (Wildman–Crippen MR) is 61.8 cm³/mol. The lowest BCUT2D eigenvalue weighted by Crippen LogP contribution is -2.34. The van der Waals surface area contributed by atoms with Gasteiger partial charge in [0.15, 0.2) is 0 Å². The van der Waals surface area contributed by atoms with Crippen molar-refractivity contribution in [2.45, 2.75) is 32.2 Å². The van der Waals surface area contributed by atoms with Crippen LogP contribution in [0.1, 0.15) is 31.4 Å². The molecule has 1 fully saturated rings. The summed E-state index contributed by atoms with van der Waals surface area (Å²) >= 11 is 1.63. The topological polar surface area (TPSA) is 45.1 Å². The molecule has 0 aromatic carbocycles. The van der Waals surface area contributed by atoms with Crippen LogP contribution in [0.15, 0.2) is 10.9 Å². The zero-order chi connectivity index (χ0) is 10.6. The Bertz CT molecular complexity index is 281. The van der Waals surface area contributed by atoms with Gasteiger partial charge < -0.3 is 10.4 Å². The van der Waals surface area contributed by atoms with E-state index in [2.05, 4.69) is 15.7 Å². The average molecular weight is 226 g/mol. The van der Waals surface area contributed by atoms with Gasteiger partial charge in [0.2, 0.25) is 0 Å². The van der Waals surface area contributed by atoms with Gasteiger partial charge in [0.25, 0.3) is 0 Å². The molecule has 4 heteroatoms. The molecule has 0 spiro atoms. The normalized spacial score (nSPS) is 19.5. The first-order valence-electron chi connectivity index (χ1n) is 5.53. The first kappa shape index (κ1) is 11.0. The van der Waals surface area contributed by atoms with Crippen LogP contribution in [0.4, 0.5) is 0 Å². The summed E-state index contributed by atoms with van der Waals surface area (Å²) in [7, 11) is 0. The molecule has 0 aliphatic heterocycles. The van der Waals surface area contributed by atoms with Crippen LogP contribution in [0.2, 0.25) is 0 Å². The van der Waals surface area contributed by atoms with Crippen molar-refractivity contribution >= 4 is 11.3 Å². The Balaban J connectivity index is 1.77. The van der Waals surface area contributed by atoms with Crippen molar-refractivity contribution in [3.63, 3.8) is 0 Å². The van der Waals surface area contributed by atoms with E-state index in [1.807, 2.05) is 5.51 Å². The van der Waals surface area contributed by atoms with Crippen LogP contribution in [0.5, 0.6) is 0 Å². The van der Waals surface area contributed by atoms with Gasteiger partial charge in [-0.2, -0.15) is 0 Å². The smallest absolute Gasteiger partial charge is 0.0795 e. The van der Waals surface area contributed by atoms with Gasteiger partial charge in [-0.15, -0.1) is 11.3 Å². The highest BCUT2D eigenvalue weighted by Gasteiger charge is 2.32. The fourth-order valence-corrected chi connectivity index (χ4v) is 2.85. The summed E-state index contributed by atoms with van der Waals surface area (Å²) < 4.78 is 0. The quantitative estimate of drug-likeness (QED) is 0.804. The third kappa shape index (κ3) is 2.77. The number of nitrogens with zero attached hydrogens (tertiary/aromatic N) is 1. The molecule has 0 amide bonds. The SMILES string of the molecule is OCC1(CNCc2cscn2)CCCC1. The number of aliphatic hydroxyl groups is 1. The fourth-order valence-electron chi connectivity index (χ4n) is 2.30. The maximum atomic E-state index is 9.42. The molecule has 0 bridgehead atoms. The van der Waals surface area contributed by atoms with Crippen molar-refractivity contribution in [2.24, 2.45) is 5.41 Å². The Morgan fingerprint density at radius 3 is 2.87 bits per heavy atom. The predicted octanol–water partition coefficient (Wildman–Crippen LogP) is 1.79. The highest BCUT2D eigenvalue weighted by atomic mass is 32.1. The molecule has 0 unspecified atom stereocenters. The first-order chi connectivity index (χ1) is 7.35. The molecular formula is C11H18N2OS. The van der Waals surface area contributed by atoms with Crippen LogP contribution in [0, 0.1) is 5.41 Å². The summed E-state index contributed by atoms with van der Waals surface area (Å²) in [5, 5.41) is 14.9. The van der Waals surface area contributed by atoms with Crippen molar-refractivity contribution < 1.29 is 5.11 Å². The van der Waals surface area contributed by atoms with Crippen molar-refractivity contribution in [2.75, 3.05) is 13.2 Å². The van der Waals surface area contributed by atoms with E-state index >= 15 is 0 Å². The van der Waals surface area contributed by atoms with Gasteiger partial charge in [0.1, 0.15) is 0 Å². The van der Waals surface area contributed by atoms with Crippen molar-refractivity contribution in [3.8, 4) is 0 Å². The number of hydrogen-bond donors (Lipinski definition) is 2. The third-order valence-electron chi connectivity index (χ3n) is 3.29. The Hall–Kier alpha value is -0.450. The monoisotopic (exact) mass is 226 g/mol. The lowest BCUT2D eigenvalue weighted by Gasteiger charge is -2.26. The van der Waals surface area contributed by atoms with E-state index in [-0.39, 0.29) is 5.41 Å². The molecular weight excluding hydrogens is 208 g/mol. The molecule has 1 heterocycles. The van der Waals surface area contributed by atoms with Gasteiger partial charge in [0.05, 0.1) is 11.2 Å². The van der Waals surface area contributed by atoms with Crippen LogP contribution >= 0.6 is 11.3 Å². The summed E-state index contributed by atoms with van der Waals surface area (Å²) in [6.07, 6.45) is 4.85. The number of aliphatic hydroxyl groups excluding tert-OH is 1. The molecule has 1 aliphatic carbocycles. The van der Waals surface area contributed by atoms with E-state index < -0.39 is 0 Å². The second-order valence-corrected chi connectivity index (χ2v) is 5.17. The van der Waals surface area contributed by atoms with E-state index in [9.17, 15) is 5.11 Å². The Labute approximate surface area is 94.5 Å². The molecule has 3 nitrogen and oxygen atoms in total. The number of thiazole rings is 1.